The van der Waals surface area contributed by atoms with Crippen LogP contribution in [0.5, 0.6) is 11.8 Å². The summed E-state index contributed by atoms with van der Waals surface area (Å²) in [6.45, 7) is 3.94. The van der Waals surface area contributed by atoms with Crippen LogP contribution in [0.3, 0.4) is 0 Å². The van der Waals surface area contributed by atoms with Crippen LogP contribution in [0.4, 0.5) is 23.4 Å². The van der Waals surface area contributed by atoms with Crippen molar-refractivity contribution in [3.05, 3.63) is 48.4 Å². The third kappa shape index (κ3) is 4.79. The molecule has 0 saturated carbocycles. The highest BCUT2D eigenvalue weighted by atomic mass is 19.4. The van der Waals surface area contributed by atoms with Gasteiger partial charge in [-0.3, -0.25) is 9.88 Å². The lowest BCUT2D eigenvalue weighted by Gasteiger charge is -2.34. The molecule has 44 heavy (non-hydrogen) atoms. The van der Waals surface area contributed by atoms with Crippen molar-refractivity contribution in [1.29, 1.82) is 0 Å². The molecule has 230 valence electrons. The molecule has 2 atom stereocenters. The van der Waals surface area contributed by atoms with E-state index >= 15 is 4.39 Å². The van der Waals surface area contributed by atoms with Crippen molar-refractivity contribution in [3.8, 4) is 23.0 Å². The molecule has 0 radical (unpaired) electrons. The minimum atomic E-state index is -4.92. The summed E-state index contributed by atoms with van der Waals surface area (Å²) < 4.78 is 67.3. The molecule has 4 fully saturated rings. The Hall–Kier alpha value is -3.77. The Morgan fingerprint density at radius 2 is 1.70 bits per heavy atom. The van der Waals surface area contributed by atoms with Crippen LogP contribution in [0.1, 0.15) is 38.5 Å². The van der Waals surface area contributed by atoms with Gasteiger partial charge in [-0.25, -0.2) is 4.39 Å². The first-order chi connectivity index (χ1) is 21.3. The van der Waals surface area contributed by atoms with Crippen LogP contribution in [-0.2, 0) is 0 Å². The molecule has 4 aromatic rings. The van der Waals surface area contributed by atoms with E-state index in [9.17, 15) is 13.2 Å². The van der Waals surface area contributed by atoms with Crippen molar-refractivity contribution in [2.45, 2.75) is 62.5 Å². The maximum atomic E-state index is 16.7. The van der Waals surface area contributed by atoms with Gasteiger partial charge < -0.3 is 19.7 Å². The Morgan fingerprint density at radius 1 is 0.977 bits per heavy atom. The summed E-state index contributed by atoms with van der Waals surface area (Å²) in [7, 11) is 0. The normalized spacial score (nSPS) is 23.0. The van der Waals surface area contributed by atoms with E-state index in [1.807, 2.05) is 0 Å². The van der Waals surface area contributed by atoms with Crippen molar-refractivity contribution in [2.75, 3.05) is 37.7 Å². The van der Waals surface area contributed by atoms with Gasteiger partial charge in [0, 0.05) is 42.3 Å². The number of alkyl halides is 3. The fraction of sp³-hybridized carbons (Fsp3) is 0.469. The average molecular weight is 609 g/mol. The Labute approximate surface area is 251 Å². The fourth-order valence-electron chi connectivity index (χ4n) is 7.86. The summed E-state index contributed by atoms with van der Waals surface area (Å²) in [5.74, 6) is -0.606. The van der Waals surface area contributed by atoms with Crippen molar-refractivity contribution in [3.63, 3.8) is 0 Å². The molecular weight excluding hydrogens is 576 g/mol. The van der Waals surface area contributed by atoms with Gasteiger partial charge in [0.2, 0.25) is 0 Å². The number of fused-ring (bicyclic) bond motifs is 5. The van der Waals surface area contributed by atoms with E-state index in [0.717, 1.165) is 51.6 Å². The topological polar surface area (TPSA) is 75.6 Å². The zero-order valence-corrected chi connectivity index (χ0v) is 24.0. The molecule has 4 aliphatic rings. The number of nitrogens with zero attached hydrogens (tertiary/aromatic N) is 5. The minimum absolute atomic E-state index is 0.0271. The second-order valence-electron chi connectivity index (χ2n) is 12.5. The number of hydrogen-bond acceptors (Lipinski definition) is 8. The van der Waals surface area contributed by atoms with Gasteiger partial charge in [0.1, 0.15) is 29.4 Å². The molecule has 8 rings (SSSR count). The third-order valence-corrected chi connectivity index (χ3v) is 9.79. The lowest BCUT2D eigenvalue weighted by molar-refractivity contribution is -0.274. The molecule has 2 unspecified atom stereocenters. The summed E-state index contributed by atoms with van der Waals surface area (Å²) in [4.78, 5) is 18.5. The maximum absolute atomic E-state index is 16.7. The predicted octanol–water partition coefficient (Wildman–Crippen LogP) is 5.83. The van der Waals surface area contributed by atoms with Crippen LogP contribution >= 0.6 is 0 Å². The van der Waals surface area contributed by atoms with Gasteiger partial charge in [-0.2, -0.15) is 9.97 Å². The summed E-state index contributed by atoms with van der Waals surface area (Å²) in [5, 5.41) is 4.63. The largest absolute Gasteiger partial charge is 0.573 e. The number of rotatable bonds is 6. The second-order valence-corrected chi connectivity index (χ2v) is 12.5. The van der Waals surface area contributed by atoms with E-state index in [1.54, 1.807) is 24.3 Å². The van der Waals surface area contributed by atoms with Crippen LogP contribution < -0.4 is 19.7 Å². The second kappa shape index (κ2) is 10.4. The van der Waals surface area contributed by atoms with Gasteiger partial charge in [0.25, 0.3) is 0 Å². The molecule has 6 heterocycles. The van der Waals surface area contributed by atoms with Crippen LogP contribution in [0, 0.1) is 5.82 Å². The Morgan fingerprint density at radius 3 is 2.43 bits per heavy atom. The van der Waals surface area contributed by atoms with E-state index in [-0.39, 0.29) is 33.7 Å². The van der Waals surface area contributed by atoms with Crippen LogP contribution in [0.25, 0.3) is 32.9 Å². The Balaban J connectivity index is 1.25. The first-order valence-corrected chi connectivity index (χ1v) is 15.3. The standard InChI is InChI=1S/C32H32F4N6O2/c33-26-27(22-7-1-5-19-6-2-8-24(25(19)22)44-32(34,35)36)37-15-23-28(26)39-30(43-18-31-11-3-13-42(31)14-4-12-31)40-29(23)41-16-20-9-10-21(17-41)38-20/h1-2,5-8,15,20-21,38H,3-4,9-14,16-18H2. The van der Waals surface area contributed by atoms with E-state index < -0.39 is 17.9 Å². The minimum Gasteiger partial charge on any atom is -0.461 e. The molecule has 8 nitrogen and oxygen atoms in total. The summed E-state index contributed by atoms with van der Waals surface area (Å²) in [5.41, 5.74) is 0.0379. The average Bonchev–Trinajstić information content (AvgIpc) is 3.69. The van der Waals surface area contributed by atoms with Gasteiger partial charge >= 0.3 is 12.4 Å². The number of nitrogens with one attached hydrogen (secondary N) is 1. The SMILES string of the molecule is Fc1c(-c2cccc3cccc(OC(F)(F)F)c23)ncc2c(N3CC4CCC(C3)N4)nc(OCC34CCCN3CCC4)nc12. The van der Waals surface area contributed by atoms with Crippen LogP contribution in [0.2, 0.25) is 0 Å². The van der Waals surface area contributed by atoms with Crippen LogP contribution in [0.15, 0.2) is 42.6 Å². The zero-order chi connectivity index (χ0) is 30.1. The summed E-state index contributed by atoms with van der Waals surface area (Å²) in [6, 6.07) is 9.92. The zero-order valence-electron chi connectivity index (χ0n) is 24.0. The number of aromatic nitrogens is 3. The fourth-order valence-corrected chi connectivity index (χ4v) is 7.86. The Bertz CT molecular complexity index is 1720. The van der Waals surface area contributed by atoms with Gasteiger partial charge in [-0.1, -0.05) is 30.3 Å². The lowest BCUT2D eigenvalue weighted by atomic mass is 9.95. The van der Waals surface area contributed by atoms with Crippen molar-refractivity contribution >= 4 is 27.5 Å². The molecule has 0 aliphatic carbocycles. The smallest absolute Gasteiger partial charge is 0.461 e. The molecule has 4 aliphatic heterocycles. The molecule has 12 heteroatoms. The highest BCUT2D eigenvalue weighted by Crippen LogP contribution is 2.42. The number of piperazine rings is 1. The first kappa shape index (κ1) is 27.8. The van der Waals surface area contributed by atoms with E-state index in [0.29, 0.717) is 48.4 Å². The molecule has 0 amide bonds. The van der Waals surface area contributed by atoms with Gasteiger partial charge in [-0.15, -0.1) is 13.2 Å². The van der Waals surface area contributed by atoms with Crippen molar-refractivity contribution in [1.82, 2.24) is 25.2 Å². The van der Waals surface area contributed by atoms with Crippen LogP contribution in [-0.4, -0.2) is 76.6 Å². The first-order valence-electron chi connectivity index (χ1n) is 15.3. The number of anilines is 1. The molecule has 4 saturated heterocycles. The molecule has 2 aromatic carbocycles. The van der Waals surface area contributed by atoms with Gasteiger partial charge in [0.05, 0.1) is 10.9 Å². The monoisotopic (exact) mass is 608 g/mol. The van der Waals surface area contributed by atoms with E-state index in [4.69, 9.17) is 9.72 Å². The number of pyridine rings is 1. The number of hydrogen-bond donors (Lipinski definition) is 1. The number of halogens is 4. The summed E-state index contributed by atoms with van der Waals surface area (Å²) >= 11 is 0. The van der Waals surface area contributed by atoms with Crippen molar-refractivity contribution < 1.29 is 27.0 Å². The van der Waals surface area contributed by atoms with E-state index in [1.165, 1.54) is 18.3 Å². The molecule has 2 bridgehead atoms. The molecule has 1 N–H and O–H groups in total. The van der Waals surface area contributed by atoms with Crippen molar-refractivity contribution in [2.24, 2.45) is 0 Å². The Kier molecular flexibility index (Phi) is 6.56. The quantitative estimate of drug-likeness (QED) is 0.274. The molecule has 0 spiro atoms. The predicted molar refractivity (Wildman–Crippen MR) is 157 cm³/mol. The van der Waals surface area contributed by atoms with E-state index in [2.05, 4.69) is 29.8 Å². The summed E-state index contributed by atoms with van der Waals surface area (Å²) in [6.07, 6.45) is 3.05. The molecular formula is C32H32F4N6O2. The molecule has 2 aromatic heterocycles. The highest BCUT2D eigenvalue weighted by molar-refractivity contribution is 6.02. The maximum Gasteiger partial charge on any atom is 0.573 e. The number of ether oxygens (including phenoxy) is 2. The number of benzene rings is 2. The lowest BCUT2D eigenvalue weighted by Crippen LogP contribution is -2.51. The van der Waals surface area contributed by atoms with Gasteiger partial charge in [-0.05, 0) is 63.1 Å². The highest BCUT2D eigenvalue weighted by Gasteiger charge is 2.45. The third-order valence-electron chi connectivity index (χ3n) is 9.79. The van der Waals surface area contributed by atoms with Gasteiger partial charge in [0.15, 0.2) is 5.82 Å².